The van der Waals surface area contributed by atoms with E-state index in [9.17, 15) is 0 Å². The van der Waals surface area contributed by atoms with E-state index in [1.165, 1.54) is 0 Å². The van der Waals surface area contributed by atoms with E-state index in [1.54, 1.807) is 12.4 Å². The Hall–Kier alpha value is -1.95. The van der Waals surface area contributed by atoms with Crippen LogP contribution < -0.4 is 4.90 Å². The van der Waals surface area contributed by atoms with Crippen LogP contribution in [-0.4, -0.2) is 38.4 Å². The Labute approximate surface area is 111 Å². The van der Waals surface area contributed by atoms with Gasteiger partial charge in [-0.3, -0.25) is 5.10 Å². The van der Waals surface area contributed by atoms with Gasteiger partial charge in [-0.15, -0.1) is 0 Å². The maximum absolute atomic E-state index is 8.95. The number of aliphatic hydroxyl groups excluding tert-OH is 1. The molecule has 0 radical (unpaired) electrons. The first kappa shape index (κ1) is 12.1. The highest BCUT2D eigenvalue weighted by Crippen LogP contribution is 2.33. The number of hydrogen-bond donors (Lipinski definition) is 2. The Morgan fingerprint density at radius 2 is 2.21 bits per heavy atom. The average molecular weight is 259 g/mol. The molecule has 100 valence electrons. The molecule has 1 aliphatic rings. The van der Waals surface area contributed by atoms with E-state index >= 15 is 0 Å². The Morgan fingerprint density at radius 1 is 1.37 bits per heavy atom. The normalized spacial score (nSPS) is 19.0. The summed E-state index contributed by atoms with van der Waals surface area (Å²) < 4.78 is 0. The van der Waals surface area contributed by atoms with Gasteiger partial charge in [-0.05, 0) is 25.0 Å². The summed E-state index contributed by atoms with van der Waals surface area (Å²) in [5.74, 6) is 0.761. The van der Waals surface area contributed by atoms with Gasteiger partial charge in [0.2, 0.25) is 5.95 Å². The van der Waals surface area contributed by atoms with E-state index in [0.717, 1.165) is 36.7 Å². The molecule has 0 amide bonds. The molecule has 3 rings (SSSR count). The quantitative estimate of drug-likeness (QED) is 0.859. The molecule has 6 nitrogen and oxygen atoms in total. The molecule has 3 heterocycles. The zero-order chi connectivity index (χ0) is 13.1. The van der Waals surface area contributed by atoms with E-state index in [2.05, 4.69) is 25.1 Å². The maximum atomic E-state index is 8.95. The van der Waals surface area contributed by atoms with Crippen LogP contribution in [0.1, 0.15) is 30.3 Å². The van der Waals surface area contributed by atoms with Crippen molar-refractivity contribution in [2.24, 2.45) is 0 Å². The molecule has 0 unspecified atom stereocenters. The average Bonchev–Trinajstić information content (AvgIpc) is 3.08. The van der Waals surface area contributed by atoms with E-state index in [4.69, 9.17) is 5.11 Å². The van der Waals surface area contributed by atoms with E-state index < -0.39 is 0 Å². The molecule has 0 saturated carbocycles. The molecule has 0 aliphatic carbocycles. The van der Waals surface area contributed by atoms with Crippen molar-refractivity contribution in [3.63, 3.8) is 0 Å². The standard InChI is InChI=1S/C13H17N5O/c19-8-4-10-9-11(17-16-10)12-3-1-7-18(12)13-14-5-2-6-15-13/h2,5-6,9,12,19H,1,3-4,7-8H2,(H,16,17)/t12-/m0/s1. The second kappa shape index (κ2) is 5.36. The number of nitrogens with one attached hydrogen (secondary N) is 1. The van der Waals surface area contributed by atoms with Crippen molar-refractivity contribution in [2.75, 3.05) is 18.1 Å². The Kier molecular flexibility index (Phi) is 3.41. The van der Waals surface area contributed by atoms with E-state index in [1.807, 2.05) is 12.1 Å². The summed E-state index contributed by atoms with van der Waals surface area (Å²) in [5.41, 5.74) is 1.98. The van der Waals surface area contributed by atoms with Crippen LogP contribution >= 0.6 is 0 Å². The second-order valence-corrected chi connectivity index (χ2v) is 4.69. The van der Waals surface area contributed by atoms with Gasteiger partial charge in [-0.25, -0.2) is 9.97 Å². The molecule has 6 heteroatoms. The number of aromatic nitrogens is 4. The minimum absolute atomic E-state index is 0.137. The fourth-order valence-corrected chi connectivity index (χ4v) is 2.55. The molecule has 0 aromatic carbocycles. The molecule has 2 aromatic heterocycles. The van der Waals surface area contributed by atoms with Crippen molar-refractivity contribution in [3.05, 3.63) is 35.9 Å². The van der Waals surface area contributed by atoms with Crippen LogP contribution in [0, 0.1) is 0 Å². The van der Waals surface area contributed by atoms with Crippen molar-refractivity contribution < 1.29 is 5.11 Å². The predicted octanol–water partition coefficient (Wildman–Crippen LogP) is 1.08. The summed E-state index contributed by atoms with van der Waals surface area (Å²) >= 11 is 0. The number of H-pyrrole nitrogens is 1. The summed E-state index contributed by atoms with van der Waals surface area (Å²) in [6, 6.07) is 4.08. The first-order chi connectivity index (χ1) is 9.38. The van der Waals surface area contributed by atoms with Crippen molar-refractivity contribution in [1.82, 2.24) is 20.2 Å². The van der Waals surface area contributed by atoms with Crippen LogP contribution in [-0.2, 0) is 6.42 Å². The van der Waals surface area contributed by atoms with Crippen LogP contribution in [0.15, 0.2) is 24.5 Å². The third-order valence-electron chi connectivity index (χ3n) is 3.44. The number of hydrogen-bond acceptors (Lipinski definition) is 5. The third kappa shape index (κ3) is 2.44. The Morgan fingerprint density at radius 3 is 3.00 bits per heavy atom. The predicted molar refractivity (Wildman–Crippen MR) is 70.7 cm³/mol. The fraction of sp³-hybridized carbons (Fsp3) is 0.462. The highest BCUT2D eigenvalue weighted by atomic mass is 16.3. The first-order valence-corrected chi connectivity index (χ1v) is 6.57. The number of aliphatic hydroxyl groups is 1. The highest BCUT2D eigenvalue weighted by molar-refractivity contribution is 5.36. The van der Waals surface area contributed by atoms with Gasteiger partial charge in [0.1, 0.15) is 0 Å². The van der Waals surface area contributed by atoms with Gasteiger partial charge in [0.25, 0.3) is 0 Å². The fourth-order valence-electron chi connectivity index (χ4n) is 2.55. The van der Waals surface area contributed by atoms with Gasteiger partial charge >= 0.3 is 0 Å². The van der Waals surface area contributed by atoms with Gasteiger partial charge in [-0.1, -0.05) is 0 Å². The number of aromatic amines is 1. The molecular formula is C13H17N5O. The van der Waals surface area contributed by atoms with E-state index in [0.29, 0.717) is 6.42 Å². The van der Waals surface area contributed by atoms with Crippen LogP contribution in [0.5, 0.6) is 0 Å². The zero-order valence-electron chi connectivity index (χ0n) is 10.7. The molecule has 0 spiro atoms. The topological polar surface area (TPSA) is 77.9 Å². The third-order valence-corrected chi connectivity index (χ3v) is 3.44. The molecular weight excluding hydrogens is 242 g/mol. The molecule has 0 bridgehead atoms. The molecule has 1 aliphatic heterocycles. The number of nitrogens with zero attached hydrogens (tertiary/aromatic N) is 4. The lowest BCUT2D eigenvalue weighted by Gasteiger charge is -2.22. The molecule has 2 N–H and O–H groups in total. The van der Waals surface area contributed by atoms with Crippen molar-refractivity contribution in [1.29, 1.82) is 0 Å². The van der Waals surface area contributed by atoms with Crippen molar-refractivity contribution in [3.8, 4) is 0 Å². The SMILES string of the molecule is OCCc1cc([C@@H]2CCCN2c2ncccn2)n[nH]1. The molecule has 1 atom stereocenters. The lowest BCUT2D eigenvalue weighted by Crippen LogP contribution is -2.24. The van der Waals surface area contributed by atoms with Crippen LogP contribution in [0.4, 0.5) is 5.95 Å². The minimum Gasteiger partial charge on any atom is -0.396 e. The summed E-state index contributed by atoms with van der Waals surface area (Å²) in [6.07, 6.45) is 6.31. The zero-order valence-corrected chi connectivity index (χ0v) is 10.7. The van der Waals surface area contributed by atoms with Gasteiger partial charge in [0.15, 0.2) is 0 Å². The van der Waals surface area contributed by atoms with Crippen LogP contribution in [0.3, 0.4) is 0 Å². The number of anilines is 1. The minimum atomic E-state index is 0.137. The Balaban J connectivity index is 1.82. The van der Waals surface area contributed by atoms with Crippen molar-refractivity contribution in [2.45, 2.75) is 25.3 Å². The Bertz CT molecular complexity index is 527. The lowest BCUT2D eigenvalue weighted by atomic mass is 10.1. The molecule has 1 saturated heterocycles. The molecule has 2 aromatic rings. The van der Waals surface area contributed by atoms with E-state index in [-0.39, 0.29) is 12.6 Å². The van der Waals surface area contributed by atoms with Crippen LogP contribution in [0.2, 0.25) is 0 Å². The summed E-state index contributed by atoms with van der Waals surface area (Å²) in [7, 11) is 0. The summed E-state index contributed by atoms with van der Waals surface area (Å²) in [5, 5.41) is 16.3. The summed E-state index contributed by atoms with van der Waals surface area (Å²) in [6.45, 7) is 1.09. The maximum Gasteiger partial charge on any atom is 0.225 e. The summed E-state index contributed by atoms with van der Waals surface area (Å²) in [4.78, 5) is 10.8. The largest absolute Gasteiger partial charge is 0.396 e. The van der Waals surface area contributed by atoms with Gasteiger partial charge in [0, 0.05) is 37.7 Å². The monoisotopic (exact) mass is 259 g/mol. The lowest BCUT2D eigenvalue weighted by molar-refractivity contribution is 0.298. The second-order valence-electron chi connectivity index (χ2n) is 4.69. The molecule has 19 heavy (non-hydrogen) atoms. The molecule has 1 fully saturated rings. The van der Waals surface area contributed by atoms with Gasteiger partial charge in [0.05, 0.1) is 11.7 Å². The van der Waals surface area contributed by atoms with Gasteiger partial charge in [-0.2, -0.15) is 5.10 Å². The van der Waals surface area contributed by atoms with Crippen molar-refractivity contribution >= 4 is 5.95 Å². The van der Waals surface area contributed by atoms with Crippen LogP contribution in [0.25, 0.3) is 0 Å². The smallest absolute Gasteiger partial charge is 0.225 e. The highest BCUT2D eigenvalue weighted by Gasteiger charge is 2.29. The van der Waals surface area contributed by atoms with Gasteiger partial charge < -0.3 is 10.0 Å². The number of rotatable bonds is 4. The first-order valence-electron chi connectivity index (χ1n) is 6.57.